The van der Waals surface area contributed by atoms with E-state index < -0.39 is 10.0 Å². The predicted octanol–water partition coefficient (Wildman–Crippen LogP) is 2.15. The fourth-order valence-electron chi connectivity index (χ4n) is 3.09. The third kappa shape index (κ3) is 4.23. The lowest BCUT2D eigenvalue weighted by Crippen LogP contribution is -2.42. The maximum atomic E-state index is 12.9. The van der Waals surface area contributed by atoms with Gasteiger partial charge in [0.1, 0.15) is 0 Å². The minimum absolute atomic E-state index is 0.0334. The van der Waals surface area contributed by atoms with E-state index in [-0.39, 0.29) is 30.0 Å². The Morgan fingerprint density at radius 2 is 2.00 bits per heavy atom. The molecule has 0 unspecified atom stereocenters. The van der Waals surface area contributed by atoms with Gasteiger partial charge < -0.3 is 10.1 Å². The third-order valence-corrected chi connectivity index (χ3v) is 6.50. The number of likely N-dealkylation sites (N-methyl/N-ethyl adjacent to an activating group) is 1. The zero-order valence-corrected chi connectivity index (χ0v) is 15.7. The van der Waals surface area contributed by atoms with Crippen molar-refractivity contribution >= 4 is 26.7 Å². The number of hydrogen-bond acceptors (Lipinski definition) is 4. The molecular weight excluding hydrogens is 352 g/mol. The van der Waals surface area contributed by atoms with E-state index in [4.69, 9.17) is 4.74 Å². The van der Waals surface area contributed by atoms with E-state index in [1.807, 2.05) is 24.3 Å². The summed E-state index contributed by atoms with van der Waals surface area (Å²) in [5.41, 5.74) is 0. The van der Waals surface area contributed by atoms with Gasteiger partial charge in [-0.1, -0.05) is 37.3 Å². The number of amides is 1. The van der Waals surface area contributed by atoms with Crippen LogP contribution in [0.4, 0.5) is 0 Å². The van der Waals surface area contributed by atoms with Crippen molar-refractivity contribution in [2.24, 2.45) is 0 Å². The Balaban J connectivity index is 1.71. The zero-order chi connectivity index (χ0) is 18.6. The molecule has 6 nitrogen and oxygen atoms in total. The summed E-state index contributed by atoms with van der Waals surface area (Å²) in [7, 11) is -3.73. The van der Waals surface area contributed by atoms with E-state index in [0.29, 0.717) is 6.54 Å². The van der Waals surface area contributed by atoms with E-state index in [1.165, 1.54) is 4.31 Å². The first-order chi connectivity index (χ1) is 12.5. The summed E-state index contributed by atoms with van der Waals surface area (Å²) in [4.78, 5) is 12.4. The molecule has 0 aliphatic carbocycles. The molecule has 1 fully saturated rings. The first kappa shape index (κ1) is 18.8. The number of nitrogens with one attached hydrogen (secondary N) is 1. The lowest BCUT2D eigenvalue weighted by Gasteiger charge is -2.21. The van der Waals surface area contributed by atoms with Crippen molar-refractivity contribution in [2.75, 3.05) is 26.2 Å². The maximum absolute atomic E-state index is 12.9. The second kappa shape index (κ2) is 8.16. The van der Waals surface area contributed by atoms with Crippen LogP contribution < -0.4 is 5.32 Å². The highest BCUT2D eigenvalue weighted by atomic mass is 32.2. The number of carbonyl (C=O) groups is 1. The number of nitrogens with zero attached hydrogens (tertiary/aromatic N) is 1. The third-order valence-electron chi connectivity index (χ3n) is 4.58. The van der Waals surface area contributed by atoms with Crippen molar-refractivity contribution in [3.63, 3.8) is 0 Å². The fraction of sp³-hybridized carbons (Fsp3) is 0.421. The fourth-order valence-corrected chi connectivity index (χ4v) is 4.53. The van der Waals surface area contributed by atoms with Crippen LogP contribution in [-0.4, -0.2) is 51.0 Å². The Morgan fingerprint density at radius 1 is 1.23 bits per heavy atom. The normalized spacial score (nSPS) is 17.7. The SMILES string of the molecule is CCN(CC(=O)NC[C@@H]1CCCO1)S(=O)(=O)c1ccc2ccccc2c1. The topological polar surface area (TPSA) is 75.7 Å². The van der Waals surface area contributed by atoms with Gasteiger partial charge in [-0.2, -0.15) is 4.31 Å². The molecule has 2 aromatic rings. The van der Waals surface area contributed by atoms with Gasteiger partial charge in [0.15, 0.2) is 0 Å². The first-order valence-corrected chi connectivity index (χ1v) is 10.3. The standard InChI is InChI=1S/C19H24N2O4S/c1-2-21(14-19(22)20-13-17-8-5-11-25-17)26(23,24)18-10-9-15-6-3-4-7-16(15)12-18/h3-4,6-7,9-10,12,17H,2,5,8,11,13-14H2,1H3,(H,20,22)/t17-/m0/s1. The van der Waals surface area contributed by atoms with E-state index in [1.54, 1.807) is 25.1 Å². The first-order valence-electron chi connectivity index (χ1n) is 8.88. The molecule has 0 aromatic heterocycles. The number of rotatable bonds is 7. The van der Waals surface area contributed by atoms with Crippen molar-refractivity contribution in [3.8, 4) is 0 Å². The molecule has 7 heteroatoms. The molecule has 0 spiro atoms. The van der Waals surface area contributed by atoms with Gasteiger partial charge in [-0.3, -0.25) is 4.79 Å². The second-order valence-electron chi connectivity index (χ2n) is 6.38. The molecular formula is C19H24N2O4S. The van der Waals surface area contributed by atoms with Gasteiger partial charge in [-0.25, -0.2) is 8.42 Å². The van der Waals surface area contributed by atoms with Crippen LogP contribution in [-0.2, 0) is 19.6 Å². The molecule has 1 saturated heterocycles. The second-order valence-corrected chi connectivity index (χ2v) is 8.32. The van der Waals surface area contributed by atoms with E-state index in [2.05, 4.69) is 5.32 Å². The van der Waals surface area contributed by atoms with Crippen LogP contribution in [0.15, 0.2) is 47.4 Å². The molecule has 0 radical (unpaired) electrons. The molecule has 2 aromatic carbocycles. The molecule has 1 N–H and O–H groups in total. The van der Waals surface area contributed by atoms with Crippen molar-refractivity contribution in [1.29, 1.82) is 0 Å². The van der Waals surface area contributed by atoms with Crippen molar-refractivity contribution in [2.45, 2.75) is 30.8 Å². The van der Waals surface area contributed by atoms with Gasteiger partial charge >= 0.3 is 0 Å². The van der Waals surface area contributed by atoms with E-state index in [0.717, 1.165) is 30.2 Å². The van der Waals surface area contributed by atoms with E-state index in [9.17, 15) is 13.2 Å². The minimum atomic E-state index is -3.73. The largest absolute Gasteiger partial charge is 0.376 e. The molecule has 1 aliphatic heterocycles. The van der Waals surface area contributed by atoms with Gasteiger partial charge in [0, 0.05) is 19.7 Å². The van der Waals surface area contributed by atoms with Gasteiger partial charge in [-0.05, 0) is 35.7 Å². The monoisotopic (exact) mass is 376 g/mol. The Labute approximate surface area is 154 Å². The van der Waals surface area contributed by atoms with Gasteiger partial charge in [0.05, 0.1) is 17.5 Å². The molecule has 1 amide bonds. The number of ether oxygens (including phenoxy) is 1. The number of carbonyl (C=O) groups excluding carboxylic acids is 1. The van der Waals surface area contributed by atoms with Gasteiger partial charge in [0.2, 0.25) is 15.9 Å². The van der Waals surface area contributed by atoms with Crippen molar-refractivity contribution in [1.82, 2.24) is 9.62 Å². The van der Waals surface area contributed by atoms with Crippen LogP contribution in [0.25, 0.3) is 10.8 Å². The Hall–Kier alpha value is -1.96. The van der Waals surface area contributed by atoms with Gasteiger partial charge in [0.25, 0.3) is 0 Å². The quantitative estimate of drug-likeness (QED) is 0.803. The summed E-state index contributed by atoms with van der Waals surface area (Å²) in [5, 5.41) is 4.60. The molecule has 26 heavy (non-hydrogen) atoms. The molecule has 1 heterocycles. The van der Waals surface area contributed by atoms with Crippen LogP contribution in [0, 0.1) is 0 Å². The Bertz CT molecular complexity index is 876. The Morgan fingerprint density at radius 3 is 2.69 bits per heavy atom. The predicted molar refractivity (Wildman–Crippen MR) is 100 cm³/mol. The number of fused-ring (bicyclic) bond motifs is 1. The maximum Gasteiger partial charge on any atom is 0.243 e. The molecule has 0 bridgehead atoms. The molecule has 0 saturated carbocycles. The summed E-state index contributed by atoms with van der Waals surface area (Å²) in [6.07, 6.45) is 1.96. The molecule has 3 rings (SSSR count). The highest BCUT2D eigenvalue weighted by Crippen LogP contribution is 2.21. The van der Waals surface area contributed by atoms with Crippen LogP contribution >= 0.6 is 0 Å². The van der Waals surface area contributed by atoms with Crippen molar-refractivity contribution in [3.05, 3.63) is 42.5 Å². The lowest BCUT2D eigenvalue weighted by atomic mass is 10.1. The Kier molecular flexibility index (Phi) is 5.90. The summed E-state index contributed by atoms with van der Waals surface area (Å²) in [6.45, 7) is 2.90. The molecule has 1 atom stereocenters. The average molecular weight is 376 g/mol. The van der Waals surface area contributed by atoms with Gasteiger partial charge in [-0.15, -0.1) is 0 Å². The minimum Gasteiger partial charge on any atom is -0.376 e. The smallest absolute Gasteiger partial charge is 0.243 e. The number of hydrogen-bond donors (Lipinski definition) is 1. The molecule has 1 aliphatic rings. The summed E-state index contributed by atoms with van der Waals surface area (Å²) in [6, 6.07) is 12.6. The van der Waals surface area contributed by atoms with Crippen molar-refractivity contribution < 1.29 is 17.9 Å². The van der Waals surface area contributed by atoms with Crippen LogP contribution in [0.3, 0.4) is 0 Å². The average Bonchev–Trinajstić information content (AvgIpc) is 3.17. The summed E-state index contributed by atoms with van der Waals surface area (Å²) >= 11 is 0. The van der Waals surface area contributed by atoms with E-state index >= 15 is 0 Å². The van der Waals surface area contributed by atoms with Crippen LogP contribution in [0.5, 0.6) is 0 Å². The summed E-state index contributed by atoms with van der Waals surface area (Å²) in [5.74, 6) is -0.313. The number of sulfonamides is 1. The lowest BCUT2D eigenvalue weighted by molar-refractivity contribution is -0.121. The molecule has 140 valence electrons. The highest BCUT2D eigenvalue weighted by Gasteiger charge is 2.26. The zero-order valence-electron chi connectivity index (χ0n) is 14.8. The van der Waals surface area contributed by atoms with Crippen LogP contribution in [0.2, 0.25) is 0 Å². The van der Waals surface area contributed by atoms with Crippen LogP contribution in [0.1, 0.15) is 19.8 Å². The highest BCUT2D eigenvalue weighted by molar-refractivity contribution is 7.89. The summed E-state index contributed by atoms with van der Waals surface area (Å²) < 4.78 is 32.5. The number of benzene rings is 2.